The number of aromatic hydroxyl groups is 1. The molecule has 0 fully saturated rings. The Morgan fingerprint density at radius 3 is 2.17 bits per heavy atom. The van der Waals surface area contributed by atoms with Crippen molar-refractivity contribution in [2.24, 2.45) is 0 Å². The van der Waals surface area contributed by atoms with Crippen molar-refractivity contribution in [1.82, 2.24) is 0 Å². The zero-order valence-corrected chi connectivity index (χ0v) is 18.6. The van der Waals surface area contributed by atoms with Gasteiger partial charge in [0.2, 0.25) is 0 Å². The number of aryl methyl sites for hydroxylation is 1. The van der Waals surface area contributed by atoms with Crippen LogP contribution < -0.4 is 15.8 Å². The van der Waals surface area contributed by atoms with Gasteiger partial charge in [0, 0.05) is 10.6 Å². The number of rotatable bonds is 3. The van der Waals surface area contributed by atoms with E-state index in [0.29, 0.717) is 5.30 Å². The first-order valence-corrected chi connectivity index (χ1v) is 15.8. The first kappa shape index (κ1) is 21.2. The molecule has 2 rings (SSSR count). The summed E-state index contributed by atoms with van der Waals surface area (Å²) in [4.78, 5) is 0. The molecule has 0 spiro atoms. The van der Waals surface area contributed by atoms with Crippen LogP contribution in [0.2, 0.25) is 19.6 Å². The minimum absolute atomic E-state index is 0.143. The number of benzene rings is 2. The van der Waals surface area contributed by atoms with Crippen LogP contribution >= 0.6 is 27.2 Å². The summed E-state index contributed by atoms with van der Waals surface area (Å²) in [5.74, 6) is 0.0615. The van der Waals surface area contributed by atoms with Crippen LogP contribution in [0.1, 0.15) is 5.56 Å². The summed E-state index contributed by atoms with van der Waals surface area (Å²) in [6, 6.07) is 11.0. The molecule has 0 saturated carbocycles. The Hall–Kier alpha value is 0.111. The first-order valence-electron chi connectivity index (χ1n) is 7.02. The Balaban J connectivity index is 0.000000816. The van der Waals surface area contributed by atoms with Gasteiger partial charge in [0.25, 0.3) is 0 Å². The standard InChI is InChI=1S/C16H20FOPSi.2ClH.Ti/c1-11-5-8-15(13(17)9-11)19-16-10-12(20(2,3)4)6-7-14(16)18;;;/h5-10,18-19H,1-4H3;2*1H;/q;;;+2/p-2. The molecular weight excluding hydrogens is 405 g/mol. The summed E-state index contributed by atoms with van der Waals surface area (Å²) in [7, 11) is 8.49. The summed E-state index contributed by atoms with van der Waals surface area (Å²) in [6.45, 7) is 8.66. The van der Waals surface area contributed by atoms with Gasteiger partial charge in [-0.25, -0.2) is 4.39 Å². The van der Waals surface area contributed by atoms with E-state index in [4.69, 9.17) is 18.6 Å². The average Bonchev–Trinajstić information content (AvgIpc) is 2.43. The molecule has 0 aliphatic heterocycles. The molecule has 1 nitrogen and oxygen atoms in total. The minimum atomic E-state index is -1.43. The van der Waals surface area contributed by atoms with Crippen molar-refractivity contribution in [2.75, 3.05) is 0 Å². The predicted octanol–water partition coefficient (Wildman–Crippen LogP) is 4.39. The second-order valence-corrected chi connectivity index (χ2v) is 15.1. The molecule has 124 valence electrons. The van der Waals surface area contributed by atoms with Gasteiger partial charge in [-0.3, -0.25) is 0 Å². The van der Waals surface area contributed by atoms with Crippen molar-refractivity contribution >= 4 is 51.1 Å². The monoisotopic (exact) mass is 424 g/mol. The molecule has 2 aromatic carbocycles. The van der Waals surface area contributed by atoms with Crippen molar-refractivity contribution < 1.29 is 26.5 Å². The fraction of sp³-hybridized carbons (Fsp3) is 0.250. The zero-order chi connectivity index (χ0) is 17.6. The third kappa shape index (κ3) is 6.86. The Morgan fingerprint density at radius 2 is 1.65 bits per heavy atom. The van der Waals surface area contributed by atoms with Gasteiger partial charge in [-0.15, -0.1) is 0 Å². The van der Waals surface area contributed by atoms with E-state index < -0.39 is 25.1 Å². The summed E-state index contributed by atoms with van der Waals surface area (Å²) >= 11 is -0.556. The molecule has 1 unspecified atom stereocenters. The molecule has 0 saturated heterocycles. The normalized spacial score (nSPS) is 11.3. The molecule has 0 aliphatic rings. The molecule has 0 aliphatic carbocycles. The van der Waals surface area contributed by atoms with E-state index in [9.17, 15) is 9.50 Å². The van der Waals surface area contributed by atoms with E-state index in [0.717, 1.165) is 10.9 Å². The topological polar surface area (TPSA) is 20.2 Å². The van der Waals surface area contributed by atoms with E-state index in [-0.39, 0.29) is 20.1 Å². The van der Waals surface area contributed by atoms with Crippen LogP contribution in [0.4, 0.5) is 4.39 Å². The molecule has 2 aromatic rings. The Bertz CT molecular complexity index is 665. The molecule has 23 heavy (non-hydrogen) atoms. The Labute approximate surface area is 157 Å². The first-order chi connectivity index (χ1) is 10.7. The van der Waals surface area contributed by atoms with Gasteiger partial charge in [0.1, 0.15) is 11.6 Å². The summed E-state index contributed by atoms with van der Waals surface area (Å²) in [5, 5.41) is 12.8. The quantitative estimate of drug-likeness (QED) is 0.572. The number of phenolic OH excluding ortho intramolecular Hbond substituents is 1. The third-order valence-corrected chi connectivity index (χ3v) is 6.64. The van der Waals surface area contributed by atoms with Crippen LogP contribution in [-0.4, -0.2) is 13.2 Å². The molecule has 0 bridgehead atoms. The van der Waals surface area contributed by atoms with Crippen LogP contribution in [0.15, 0.2) is 36.4 Å². The molecule has 0 aromatic heterocycles. The van der Waals surface area contributed by atoms with E-state index in [1.165, 1.54) is 5.19 Å². The maximum absolute atomic E-state index is 13.9. The summed E-state index contributed by atoms with van der Waals surface area (Å²) in [5.41, 5.74) is 0.913. The maximum atomic E-state index is 13.9. The van der Waals surface area contributed by atoms with Crippen molar-refractivity contribution in [3.05, 3.63) is 47.8 Å². The number of hydrogen-bond donors (Lipinski definition) is 1. The van der Waals surface area contributed by atoms with Gasteiger partial charge in [-0.05, 0) is 24.6 Å². The van der Waals surface area contributed by atoms with Crippen LogP contribution in [0.25, 0.3) is 0 Å². The summed E-state index contributed by atoms with van der Waals surface area (Å²) in [6.07, 6.45) is 0. The van der Waals surface area contributed by atoms with Crippen molar-refractivity contribution in [3.63, 3.8) is 0 Å². The SMILES string of the molecule is Cc1ccc(Pc2cc([Si](C)(C)C)ccc2O)c(F)c1.[Cl][Ti][Cl]. The van der Waals surface area contributed by atoms with E-state index in [2.05, 4.69) is 19.6 Å². The molecule has 7 heteroatoms. The predicted molar refractivity (Wildman–Crippen MR) is 102 cm³/mol. The van der Waals surface area contributed by atoms with Gasteiger partial charge in [-0.2, -0.15) is 0 Å². The van der Waals surface area contributed by atoms with E-state index >= 15 is 0 Å². The molecule has 1 atom stereocenters. The number of phenols is 1. The fourth-order valence-corrected chi connectivity index (χ4v) is 4.36. The van der Waals surface area contributed by atoms with Gasteiger partial charge in [0.15, 0.2) is 0 Å². The second kappa shape index (κ2) is 9.56. The van der Waals surface area contributed by atoms with Crippen LogP contribution in [-0.2, 0) is 17.0 Å². The summed E-state index contributed by atoms with van der Waals surface area (Å²) < 4.78 is 13.9. The molecular formula is C16H20Cl2FOPSiTi. The number of hydrogen-bond acceptors (Lipinski definition) is 1. The Morgan fingerprint density at radius 1 is 1.04 bits per heavy atom. The van der Waals surface area contributed by atoms with E-state index in [1.807, 2.05) is 31.2 Å². The molecule has 1 N–H and O–H groups in total. The third-order valence-electron chi connectivity index (χ3n) is 3.26. The van der Waals surface area contributed by atoms with Crippen molar-refractivity contribution in [2.45, 2.75) is 26.6 Å². The second-order valence-electron chi connectivity index (χ2n) is 6.16. The van der Waals surface area contributed by atoms with Crippen LogP contribution in [0.5, 0.6) is 5.75 Å². The molecule has 0 radical (unpaired) electrons. The van der Waals surface area contributed by atoms with Crippen LogP contribution in [0, 0.1) is 12.7 Å². The molecule has 0 amide bonds. The van der Waals surface area contributed by atoms with Gasteiger partial charge in [-0.1, -0.05) is 57.7 Å². The Kier molecular flexibility index (Phi) is 8.79. The average molecular weight is 425 g/mol. The van der Waals surface area contributed by atoms with E-state index in [1.54, 1.807) is 12.1 Å². The van der Waals surface area contributed by atoms with Crippen molar-refractivity contribution in [1.29, 1.82) is 0 Å². The number of halogens is 3. The fourth-order valence-electron chi connectivity index (χ4n) is 1.97. The van der Waals surface area contributed by atoms with Gasteiger partial charge in [0.05, 0.1) is 8.07 Å². The molecule has 0 heterocycles. The van der Waals surface area contributed by atoms with Gasteiger partial charge < -0.3 is 5.11 Å². The zero-order valence-electron chi connectivity index (χ0n) is 13.5. The van der Waals surface area contributed by atoms with Crippen LogP contribution in [0.3, 0.4) is 0 Å². The van der Waals surface area contributed by atoms with Crippen molar-refractivity contribution in [3.8, 4) is 5.75 Å². The van der Waals surface area contributed by atoms with Gasteiger partial charge >= 0.3 is 35.6 Å².